The first kappa shape index (κ1) is 14.6. The average Bonchev–Trinajstić information content (AvgIpc) is 2.66. The van der Waals surface area contributed by atoms with E-state index in [9.17, 15) is 13.5 Å². The van der Waals surface area contributed by atoms with Crippen LogP contribution in [0.25, 0.3) is 0 Å². The van der Waals surface area contributed by atoms with E-state index in [4.69, 9.17) is 11.6 Å². The van der Waals surface area contributed by atoms with Gasteiger partial charge >= 0.3 is 0 Å². The molecule has 2 rings (SSSR count). The highest BCUT2D eigenvalue weighted by molar-refractivity contribution is 9.10. The SMILES string of the molecule is Cc1cc(S(=O)(=O)Nc2cccc(Br)c2O)sc1Cl. The second kappa shape index (κ2) is 5.32. The van der Waals surface area contributed by atoms with E-state index in [1.54, 1.807) is 19.1 Å². The zero-order valence-electron chi connectivity index (χ0n) is 9.65. The number of thiophene rings is 1. The number of halogens is 2. The lowest BCUT2D eigenvalue weighted by molar-refractivity contribution is 0.474. The summed E-state index contributed by atoms with van der Waals surface area (Å²) in [5.41, 5.74) is 0.807. The van der Waals surface area contributed by atoms with Gasteiger partial charge in [-0.05, 0) is 46.6 Å². The Labute approximate surface area is 128 Å². The van der Waals surface area contributed by atoms with Crippen molar-refractivity contribution in [2.24, 2.45) is 0 Å². The molecular weight excluding hydrogens is 374 g/mol. The molecule has 0 bridgehead atoms. The number of hydrogen-bond acceptors (Lipinski definition) is 4. The quantitative estimate of drug-likeness (QED) is 0.789. The van der Waals surface area contributed by atoms with Gasteiger partial charge in [-0.15, -0.1) is 11.3 Å². The van der Waals surface area contributed by atoms with E-state index >= 15 is 0 Å². The second-order valence-electron chi connectivity index (χ2n) is 3.76. The number of phenols is 1. The van der Waals surface area contributed by atoms with E-state index in [1.807, 2.05) is 0 Å². The summed E-state index contributed by atoms with van der Waals surface area (Å²) in [7, 11) is -3.75. The number of aryl methyl sites for hydroxylation is 1. The number of phenolic OH excluding ortho intramolecular Hbond substituents is 1. The lowest BCUT2D eigenvalue weighted by Gasteiger charge is -2.08. The van der Waals surface area contributed by atoms with Crippen LogP contribution in [0.15, 0.2) is 32.9 Å². The van der Waals surface area contributed by atoms with Gasteiger partial charge in [-0.2, -0.15) is 0 Å². The average molecular weight is 383 g/mol. The van der Waals surface area contributed by atoms with Crippen molar-refractivity contribution in [3.8, 4) is 5.75 Å². The minimum Gasteiger partial charge on any atom is -0.505 e. The van der Waals surface area contributed by atoms with Crippen LogP contribution >= 0.6 is 38.9 Å². The summed E-state index contributed by atoms with van der Waals surface area (Å²) in [6.45, 7) is 1.73. The summed E-state index contributed by atoms with van der Waals surface area (Å²) >= 11 is 9.96. The minimum atomic E-state index is -3.75. The van der Waals surface area contributed by atoms with Gasteiger partial charge in [0, 0.05) is 0 Å². The molecule has 1 aromatic carbocycles. The number of para-hydroxylation sites is 1. The van der Waals surface area contributed by atoms with Gasteiger partial charge in [0.15, 0.2) is 5.75 Å². The molecule has 4 nitrogen and oxygen atoms in total. The van der Waals surface area contributed by atoms with E-state index in [-0.39, 0.29) is 15.6 Å². The van der Waals surface area contributed by atoms with Crippen LogP contribution in [0, 0.1) is 6.92 Å². The summed E-state index contributed by atoms with van der Waals surface area (Å²) < 4.78 is 27.6. The number of aromatic hydroxyl groups is 1. The molecule has 0 aliphatic carbocycles. The van der Waals surface area contributed by atoms with Crippen LogP contribution in [0.4, 0.5) is 5.69 Å². The third-order valence-corrected chi connectivity index (χ3v) is 6.36. The Morgan fingerprint density at radius 1 is 1.42 bits per heavy atom. The maximum Gasteiger partial charge on any atom is 0.271 e. The van der Waals surface area contributed by atoms with Gasteiger partial charge in [0.1, 0.15) is 4.21 Å². The predicted octanol–water partition coefficient (Wildman–Crippen LogP) is 3.98. The topological polar surface area (TPSA) is 66.4 Å². The Balaban J connectivity index is 2.39. The van der Waals surface area contributed by atoms with E-state index in [0.29, 0.717) is 14.4 Å². The predicted molar refractivity (Wildman–Crippen MR) is 80.7 cm³/mol. The molecular formula is C11H9BrClNO3S2. The van der Waals surface area contributed by atoms with E-state index in [1.165, 1.54) is 12.1 Å². The standard InChI is InChI=1S/C11H9BrClNO3S2/c1-6-5-9(18-11(6)13)19(16,17)14-8-4-2-3-7(12)10(8)15/h2-5,14-15H,1H3. The monoisotopic (exact) mass is 381 g/mol. The maximum atomic E-state index is 12.1. The molecule has 0 fully saturated rings. The first-order valence-electron chi connectivity index (χ1n) is 5.07. The molecule has 0 saturated heterocycles. The van der Waals surface area contributed by atoms with Crippen molar-refractivity contribution in [2.75, 3.05) is 4.72 Å². The summed E-state index contributed by atoms with van der Waals surface area (Å²) in [6.07, 6.45) is 0. The summed E-state index contributed by atoms with van der Waals surface area (Å²) in [6, 6.07) is 6.19. The fourth-order valence-corrected chi connectivity index (χ4v) is 4.50. The molecule has 0 saturated carbocycles. The number of nitrogens with one attached hydrogen (secondary N) is 1. The largest absolute Gasteiger partial charge is 0.505 e. The second-order valence-corrected chi connectivity index (χ2v) is 8.18. The third kappa shape index (κ3) is 3.05. The van der Waals surface area contributed by atoms with Gasteiger partial charge in [-0.3, -0.25) is 4.72 Å². The van der Waals surface area contributed by atoms with Crippen molar-refractivity contribution in [2.45, 2.75) is 11.1 Å². The van der Waals surface area contributed by atoms with Crippen molar-refractivity contribution in [1.82, 2.24) is 0 Å². The first-order chi connectivity index (χ1) is 8.81. The van der Waals surface area contributed by atoms with E-state index in [0.717, 1.165) is 11.3 Å². The molecule has 0 spiro atoms. The summed E-state index contributed by atoms with van der Waals surface area (Å²) in [5, 5.41) is 9.77. The molecule has 2 aromatic rings. The Morgan fingerprint density at radius 2 is 2.11 bits per heavy atom. The normalized spacial score (nSPS) is 11.5. The van der Waals surface area contributed by atoms with Crippen molar-refractivity contribution in [1.29, 1.82) is 0 Å². The fourth-order valence-electron chi connectivity index (χ4n) is 1.36. The molecule has 102 valence electrons. The Morgan fingerprint density at radius 3 is 2.68 bits per heavy atom. The first-order valence-corrected chi connectivity index (χ1v) is 8.54. The number of hydrogen-bond donors (Lipinski definition) is 2. The molecule has 19 heavy (non-hydrogen) atoms. The molecule has 0 unspecified atom stereocenters. The molecule has 8 heteroatoms. The van der Waals surface area contributed by atoms with Gasteiger partial charge in [-0.25, -0.2) is 8.42 Å². The molecule has 0 aliphatic rings. The molecule has 1 heterocycles. The number of benzene rings is 1. The van der Waals surface area contributed by atoms with Gasteiger partial charge in [0.05, 0.1) is 14.5 Å². The Hall–Kier alpha value is -0.760. The lowest BCUT2D eigenvalue weighted by atomic mass is 10.3. The van der Waals surface area contributed by atoms with Gasteiger partial charge in [0.2, 0.25) is 0 Å². The van der Waals surface area contributed by atoms with E-state index in [2.05, 4.69) is 20.7 Å². The van der Waals surface area contributed by atoms with Crippen LogP contribution in [-0.2, 0) is 10.0 Å². The van der Waals surface area contributed by atoms with E-state index < -0.39 is 10.0 Å². The third-order valence-electron chi connectivity index (χ3n) is 2.33. The molecule has 0 aliphatic heterocycles. The van der Waals surface area contributed by atoms with Crippen molar-refractivity contribution in [3.05, 3.63) is 38.6 Å². The van der Waals surface area contributed by atoms with Crippen LogP contribution in [0.3, 0.4) is 0 Å². The molecule has 0 amide bonds. The summed E-state index contributed by atoms with van der Waals surface area (Å²) in [4.78, 5) is 0. The van der Waals surface area contributed by atoms with Crippen molar-refractivity contribution >= 4 is 54.6 Å². The van der Waals surface area contributed by atoms with Crippen molar-refractivity contribution < 1.29 is 13.5 Å². The number of anilines is 1. The maximum absolute atomic E-state index is 12.1. The zero-order valence-corrected chi connectivity index (χ0v) is 13.6. The van der Waals surface area contributed by atoms with Crippen LogP contribution < -0.4 is 4.72 Å². The van der Waals surface area contributed by atoms with Crippen LogP contribution in [-0.4, -0.2) is 13.5 Å². The van der Waals surface area contributed by atoms with Crippen LogP contribution in [0.1, 0.15) is 5.56 Å². The highest BCUT2D eigenvalue weighted by Gasteiger charge is 2.20. The highest BCUT2D eigenvalue weighted by atomic mass is 79.9. The fraction of sp³-hybridized carbons (Fsp3) is 0.0909. The highest BCUT2D eigenvalue weighted by Crippen LogP contribution is 2.35. The number of rotatable bonds is 3. The van der Waals surface area contributed by atoms with Gasteiger partial charge in [0.25, 0.3) is 10.0 Å². The molecule has 0 radical (unpaired) electrons. The number of sulfonamides is 1. The van der Waals surface area contributed by atoms with Gasteiger partial charge < -0.3 is 5.11 Å². The smallest absolute Gasteiger partial charge is 0.271 e. The Kier molecular flexibility index (Phi) is 4.10. The van der Waals surface area contributed by atoms with Crippen molar-refractivity contribution in [3.63, 3.8) is 0 Å². The van der Waals surface area contributed by atoms with Crippen LogP contribution in [0.2, 0.25) is 4.34 Å². The lowest BCUT2D eigenvalue weighted by Crippen LogP contribution is -2.11. The molecule has 1 aromatic heterocycles. The summed E-state index contributed by atoms with van der Waals surface area (Å²) in [5.74, 6) is -0.162. The molecule has 0 atom stereocenters. The zero-order chi connectivity index (χ0) is 14.2. The van der Waals surface area contributed by atoms with Gasteiger partial charge in [-0.1, -0.05) is 17.7 Å². The minimum absolute atomic E-state index is 0.106. The Bertz CT molecular complexity index is 708. The molecule has 2 N–H and O–H groups in total. The van der Waals surface area contributed by atoms with Crippen LogP contribution in [0.5, 0.6) is 5.75 Å².